The maximum absolute atomic E-state index is 14.2. The molecule has 0 spiro atoms. The molecule has 156 valence electrons. The number of ether oxygens (including phenoxy) is 2. The van der Waals surface area contributed by atoms with Gasteiger partial charge in [-0.05, 0) is 19.9 Å². The molecule has 0 aromatic carbocycles. The third-order valence-corrected chi connectivity index (χ3v) is 4.42. The van der Waals surface area contributed by atoms with Crippen LogP contribution >= 0.6 is 0 Å². The van der Waals surface area contributed by atoms with E-state index >= 15 is 0 Å². The number of aromatic nitrogens is 6. The number of nitrogens with one attached hydrogen (secondary N) is 1. The van der Waals surface area contributed by atoms with Gasteiger partial charge in [0.05, 0.1) is 37.9 Å². The maximum atomic E-state index is 14.2. The van der Waals surface area contributed by atoms with Crippen molar-refractivity contribution < 1.29 is 13.9 Å². The van der Waals surface area contributed by atoms with E-state index in [-0.39, 0.29) is 18.0 Å². The molecule has 0 bridgehead atoms. The Balaban J connectivity index is 1.56. The number of anilines is 3. The van der Waals surface area contributed by atoms with E-state index in [2.05, 4.69) is 35.5 Å². The summed E-state index contributed by atoms with van der Waals surface area (Å²) in [4.78, 5) is 18.7. The highest BCUT2D eigenvalue weighted by Gasteiger charge is 2.25. The molecule has 3 aromatic rings. The molecule has 0 amide bonds. The van der Waals surface area contributed by atoms with E-state index in [0.29, 0.717) is 42.0 Å². The molecule has 1 saturated heterocycles. The van der Waals surface area contributed by atoms with Crippen LogP contribution in [0.5, 0.6) is 5.75 Å². The van der Waals surface area contributed by atoms with E-state index in [1.165, 1.54) is 12.3 Å². The molecule has 4 rings (SSSR count). The lowest BCUT2D eigenvalue weighted by Gasteiger charge is -2.35. The highest BCUT2D eigenvalue weighted by atomic mass is 19.1. The first-order valence-corrected chi connectivity index (χ1v) is 9.41. The van der Waals surface area contributed by atoms with E-state index in [1.807, 2.05) is 18.7 Å². The maximum Gasteiger partial charge on any atom is 0.230 e. The van der Waals surface area contributed by atoms with E-state index in [9.17, 15) is 4.39 Å². The molecule has 0 unspecified atom stereocenters. The van der Waals surface area contributed by atoms with Gasteiger partial charge in [0.15, 0.2) is 17.4 Å². The highest BCUT2D eigenvalue weighted by molar-refractivity contribution is 5.61. The second kappa shape index (κ2) is 8.49. The number of nitrogens with zero attached hydrogens (tertiary/aromatic N) is 7. The number of hydrogen-bond donors (Lipinski definition) is 1. The Bertz CT molecular complexity index is 1010. The molecule has 11 heteroatoms. The van der Waals surface area contributed by atoms with Crippen LogP contribution < -0.4 is 15.0 Å². The van der Waals surface area contributed by atoms with Crippen molar-refractivity contribution in [3.05, 3.63) is 36.7 Å². The topological polar surface area (TPSA) is 111 Å². The predicted molar refractivity (Wildman–Crippen MR) is 107 cm³/mol. The Morgan fingerprint density at radius 1 is 1.07 bits per heavy atom. The van der Waals surface area contributed by atoms with Crippen molar-refractivity contribution in [3.63, 3.8) is 0 Å². The second-order valence-electron chi connectivity index (χ2n) is 6.94. The first kappa shape index (κ1) is 19.8. The molecule has 1 aliphatic rings. The van der Waals surface area contributed by atoms with Gasteiger partial charge in [0.1, 0.15) is 5.82 Å². The molecule has 0 aliphatic carbocycles. The Kier molecular flexibility index (Phi) is 5.61. The zero-order valence-electron chi connectivity index (χ0n) is 16.8. The van der Waals surface area contributed by atoms with E-state index in [0.717, 1.165) is 0 Å². The van der Waals surface area contributed by atoms with Gasteiger partial charge in [-0.15, -0.1) is 5.10 Å². The fourth-order valence-electron chi connectivity index (χ4n) is 3.20. The SMILES string of the molecule is COc1cnc(-c2cnnc(Nc3cc(F)nc(N4C[C@@H](C)O[C@@H](C)C4)n3)c2)nc1. The molecule has 2 atom stereocenters. The summed E-state index contributed by atoms with van der Waals surface area (Å²) in [6.45, 7) is 5.08. The highest BCUT2D eigenvalue weighted by Crippen LogP contribution is 2.22. The zero-order valence-corrected chi connectivity index (χ0v) is 16.8. The third kappa shape index (κ3) is 4.57. The molecule has 0 radical (unpaired) electrons. The van der Waals surface area contributed by atoms with Crippen LogP contribution in [0.2, 0.25) is 0 Å². The van der Waals surface area contributed by atoms with Crippen molar-refractivity contribution in [2.24, 2.45) is 0 Å². The van der Waals surface area contributed by atoms with Gasteiger partial charge in [0, 0.05) is 24.7 Å². The largest absolute Gasteiger partial charge is 0.494 e. The van der Waals surface area contributed by atoms with Crippen LogP contribution in [0.25, 0.3) is 11.4 Å². The molecule has 3 aromatic heterocycles. The fraction of sp³-hybridized carbons (Fsp3) is 0.368. The first-order valence-electron chi connectivity index (χ1n) is 9.41. The van der Waals surface area contributed by atoms with Crippen molar-refractivity contribution in [2.45, 2.75) is 26.1 Å². The Morgan fingerprint density at radius 2 is 1.80 bits per heavy atom. The van der Waals surface area contributed by atoms with Crippen LogP contribution in [0.15, 0.2) is 30.7 Å². The van der Waals surface area contributed by atoms with Gasteiger partial charge in [-0.3, -0.25) is 0 Å². The van der Waals surface area contributed by atoms with Gasteiger partial charge in [-0.25, -0.2) is 9.97 Å². The van der Waals surface area contributed by atoms with Crippen molar-refractivity contribution >= 4 is 17.6 Å². The fourth-order valence-corrected chi connectivity index (χ4v) is 3.20. The molecule has 1 fully saturated rings. The van der Waals surface area contributed by atoms with E-state index in [1.54, 1.807) is 25.6 Å². The van der Waals surface area contributed by atoms with Gasteiger partial charge in [-0.1, -0.05) is 0 Å². The summed E-state index contributed by atoms with van der Waals surface area (Å²) in [6, 6.07) is 2.91. The molecular weight excluding hydrogens is 391 g/mol. The van der Waals surface area contributed by atoms with Gasteiger partial charge >= 0.3 is 0 Å². The van der Waals surface area contributed by atoms with Crippen LogP contribution in [0.1, 0.15) is 13.8 Å². The summed E-state index contributed by atoms with van der Waals surface area (Å²) in [6.07, 6.45) is 4.67. The lowest BCUT2D eigenvalue weighted by molar-refractivity contribution is -0.00576. The number of rotatable bonds is 5. The minimum absolute atomic E-state index is 0.00377. The molecule has 1 aliphatic heterocycles. The number of hydrogen-bond acceptors (Lipinski definition) is 10. The standard InChI is InChI=1S/C19H21FN8O2/c1-11-9-28(10-12(2)30-11)19-24-15(20)5-16(26-19)25-17-4-13(6-23-27-17)18-21-7-14(29-3)8-22-18/h4-8,11-12H,9-10H2,1-3H3,(H,24,25,26,27)/t11-,12+. The monoisotopic (exact) mass is 412 g/mol. The Morgan fingerprint density at radius 3 is 2.50 bits per heavy atom. The van der Waals surface area contributed by atoms with Crippen molar-refractivity contribution in [1.29, 1.82) is 0 Å². The Hall–Kier alpha value is -3.47. The lowest BCUT2D eigenvalue weighted by Crippen LogP contribution is -2.46. The summed E-state index contributed by atoms with van der Waals surface area (Å²) in [7, 11) is 1.54. The van der Waals surface area contributed by atoms with E-state index in [4.69, 9.17) is 9.47 Å². The zero-order chi connectivity index (χ0) is 21.1. The third-order valence-electron chi connectivity index (χ3n) is 4.42. The van der Waals surface area contributed by atoms with Gasteiger partial charge in [0.2, 0.25) is 11.9 Å². The number of halogens is 1. The van der Waals surface area contributed by atoms with Crippen molar-refractivity contribution in [3.8, 4) is 17.1 Å². The minimum Gasteiger partial charge on any atom is -0.494 e. The number of methoxy groups -OCH3 is 1. The summed E-state index contributed by atoms with van der Waals surface area (Å²) >= 11 is 0. The van der Waals surface area contributed by atoms with Crippen LogP contribution in [0.4, 0.5) is 22.0 Å². The first-order chi connectivity index (χ1) is 14.5. The van der Waals surface area contributed by atoms with Crippen molar-refractivity contribution in [2.75, 3.05) is 30.4 Å². The smallest absolute Gasteiger partial charge is 0.230 e. The minimum atomic E-state index is -0.642. The van der Waals surface area contributed by atoms with E-state index < -0.39 is 5.95 Å². The van der Waals surface area contributed by atoms with Crippen molar-refractivity contribution in [1.82, 2.24) is 30.1 Å². The van der Waals surface area contributed by atoms with Crippen LogP contribution in [-0.4, -0.2) is 62.5 Å². The Labute approximate surface area is 172 Å². The second-order valence-corrected chi connectivity index (χ2v) is 6.94. The number of morpholine rings is 1. The molecular formula is C19H21FN8O2. The summed E-state index contributed by atoms with van der Waals surface area (Å²) in [5, 5.41) is 11.0. The summed E-state index contributed by atoms with van der Waals surface area (Å²) < 4.78 is 25.0. The predicted octanol–water partition coefficient (Wildman–Crippen LogP) is 2.23. The van der Waals surface area contributed by atoms with Gasteiger partial charge in [-0.2, -0.15) is 19.5 Å². The lowest BCUT2D eigenvalue weighted by atomic mass is 10.2. The normalized spacial score (nSPS) is 18.9. The molecule has 1 N–H and O–H groups in total. The van der Waals surface area contributed by atoms with Crippen LogP contribution in [0.3, 0.4) is 0 Å². The summed E-state index contributed by atoms with van der Waals surface area (Å²) in [5.41, 5.74) is 0.640. The average molecular weight is 412 g/mol. The van der Waals surface area contributed by atoms with Gasteiger partial charge < -0.3 is 19.7 Å². The molecule has 0 saturated carbocycles. The molecule has 4 heterocycles. The molecule has 10 nitrogen and oxygen atoms in total. The quantitative estimate of drug-likeness (QED) is 0.626. The average Bonchev–Trinajstić information content (AvgIpc) is 2.73. The van der Waals surface area contributed by atoms with Crippen LogP contribution in [-0.2, 0) is 4.74 Å². The summed E-state index contributed by atoms with van der Waals surface area (Å²) in [5.74, 6) is 1.31. The van der Waals surface area contributed by atoms with Gasteiger partial charge in [0.25, 0.3) is 0 Å². The van der Waals surface area contributed by atoms with Crippen LogP contribution in [0, 0.1) is 5.95 Å². The molecule has 30 heavy (non-hydrogen) atoms.